The fraction of sp³-hybridized carbons (Fsp3) is 0.333. The van der Waals surface area contributed by atoms with Crippen molar-refractivity contribution in [2.45, 2.75) is 36.7 Å². The van der Waals surface area contributed by atoms with Crippen LogP contribution in [0, 0.1) is 6.92 Å². The molecule has 2 atom stereocenters. The van der Waals surface area contributed by atoms with Crippen molar-refractivity contribution in [1.82, 2.24) is 9.97 Å². The smallest absolute Gasteiger partial charge is 0.188 e. The SMILES string of the molecule is CCC(N)C(Sc1ncccn1)c1ccccc1C. The number of rotatable bonds is 5. The number of hydrogen-bond acceptors (Lipinski definition) is 4. The van der Waals surface area contributed by atoms with E-state index in [9.17, 15) is 0 Å². The molecule has 0 amide bonds. The summed E-state index contributed by atoms with van der Waals surface area (Å²) in [6.07, 6.45) is 4.46. The summed E-state index contributed by atoms with van der Waals surface area (Å²) < 4.78 is 0. The maximum atomic E-state index is 6.29. The van der Waals surface area contributed by atoms with Crippen LogP contribution in [-0.2, 0) is 0 Å². The minimum absolute atomic E-state index is 0.0925. The summed E-state index contributed by atoms with van der Waals surface area (Å²) in [7, 11) is 0. The molecule has 0 radical (unpaired) electrons. The zero-order chi connectivity index (χ0) is 13.7. The molecular formula is C15H19N3S. The molecule has 2 aromatic rings. The van der Waals surface area contributed by atoms with Gasteiger partial charge in [0.25, 0.3) is 0 Å². The Morgan fingerprint density at radius 3 is 2.47 bits per heavy atom. The lowest BCUT2D eigenvalue weighted by molar-refractivity contribution is 0.630. The molecule has 2 N–H and O–H groups in total. The van der Waals surface area contributed by atoms with Crippen molar-refractivity contribution in [3.8, 4) is 0 Å². The van der Waals surface area contributed by atoms with E-state index in [1.807, 2.05) is 6.07 Å². The molecule has 3 nitrogen and oxygen atoms in total. The predicted octanol–water partition coefficient (Wildman–Crippen LogP) is 3.36. The molecule has 0 bridgehead atoms. The van der Waals surface area contributed by atoms with Crippen LogP contribution in [0.1, 0.15) is 29.7 Å². The van der Waals surface area contributed by atoms with Gasteiger partial charge in [0.2, 0.25) is 0 Å². The van der Waals surface area contributed by atoms with Crippen LogP contribution in [-0.4, -0.2) is 16.0 Å². The molecule has 0 spiro atoms. The fourth-order valence-electron chi connectivity index (χ4n) is 1.96. The number of aryl methyl sites for hydroxylation is 1. The van der Waals surface area contributed by atoms with Crippen molar-refractivity contribution in [2.75, 3.05) is 0 Å². The van der Waals surface area contributed by atoms with Gasteiger partial charge in [0.15, 0.2) is 5.16 Å². The molecule has 2 unspecified atom stereocenters. The van der Waals surface area contributed by atoms with E-state index in [0.29, 0.717) is 0 Å². The number of hydrogen-bond donors (Lipinski definition) is 1. The Bertz CT molecular complexity index is 516. The molecule has 0 saturated carbocycles. The highest BCUT2D eigenvalue weighted by atomic mass is 32.2. The van der Waals surface area contributed by atoms with Crippen LogP contribution >= 0.6 is 11.8 Å². The summed E-state index contributed by atoms with van der Waals surface area (Å²) in [5.74, 6) is 0. The van der Waals surface area contributed by atoms with Gasteiger partial charge in [-0.15, -0.1) is 0 Å². The number of aromatic nitrogens is 2. The first kappa shape index (κ1) is 14.0. The maximum Gasteiger partial charge on any atom is 0.188 e. The van der Waals surface area contributed by atoms with E-state index in [4.69, 9.17) is 5.73 Å². The number of benzene rings is 1. The van der Waals surface area contributed by atoms with Crippen molar-refractivity contribution in [3.63, 3.8) is 0 Å². The van der Waals surface area contributed by atoms with Gasteiger partial charge in [-0.2, -0.15) is 0 Å². The van der Waals surface area contributed by atoms with Crippen LogP contribution in [0.15, 0.2) is 47.9 Å². The molecule has 100 valence electrons. The average molecular weight is 273 g/mol. The highest BCUT2D eigenvalue weighted by molar-refractivity contribution is 7.99. The topological polar surface area (TPSA) is 51.8 Å². The van der Waals surface area contributed by atoms with E-state index in [-0.39, 0.29) is 11.3 Å². The van der Waals surface area contributed by atoms with Gasteiger partial charge in [-0.3, -0.25) is 0 Å². The Morgan fingerprint density at radius 1 is 1.16 bits per heavy atom. The normalized spacial score (nSPS) is 14.1. The molecule has 1 aromatic carbocycles. The van der Waals surface area contributed by atoms with Crippen LogP contribution in [0.3, 0.4) is 0 Å². The van der Waals surface area contributed by atoms with E-state index >= 15 is 0 Å². The molecule has 1 heterocycles. The highest BCUT2D eigenvalue weighted by Gasteiger charge is 2.22. The Kier molecular flexibility index (Phi) is 4.93. The first-order chi connectivity index (χ1) is 9.22. The van der Waals surface area contributed by atoms with Crippen LogP contribution in [0.4, 0.5) is 0 Å². The molecule has 1 aromatic heterocycles. The molecular weight excluding hydrogens is 254 g/mol. The Hall–Kier alpha value is -1.39. The largest absolute Gasteiger partial charge is 0.326 e. The van der Waals surface area contributed by atoms with Gasteiger partial charge in [-0.05, 0) is 30.5 Å². The van der Waals surface area contributed by atoms with Crippen molar-refractivity contribution >= 4 is 11.8 Å². The van der Waals surface area contributed by atoms with Crippen molar-refractivity contribution in [2.24, 2.45) is 5.73 Å². The summed E-state index contributed by atoms with van der Waals surface area (Å²) in [5, 5.41) is 0.966. The quantitative estimate of drug-likeness (QED) is 0.670. The van der Waals surface area contributed by atoms with Gasteiger partial charge < -0.3 is 5.73 Å². The zero-order valence-corrected chi connectivity index (χ0v) is 12.1. The standard InChI is InChI=1S/C15H19N3S/c1-3-13(16)14(12-8-5-4-7-11(12)2)19-15-17-9-6-10-18-15/h4-10,13-14H,3,16H2,1-2H3. The molecule has 19 heavy (non-hydrogen) atoms. The van der Waals surface area contributed by atoms with E-state index in [2.05, 4.69) is 48.1 Å². The van der Waals surface area contributed by atoms with Gasteiger partial charge in [0.1, 0.15) is 0 Å². The van der Waals surface area contributed by atoms with Gasteiger partial charge in [0.05, 0.1) is 5.25 Å². The van der Waals surface area contributed by atoms with E-state index in [1.54, 1.807) is 24.2 Å². The molecule has 4 heteroatoms. The number of thioether (sulfide) groups is 1. The molecule has 0 aliphatic carbocycles. The average Bonchev–Trinajstić information content (AvgIpc) is 2.46. The zero-order valence-electron chi connectivity index (χ0n) is 11.3. The monoisotopic (exact) mass is 273 g/mol. The summed E-state index contributed by atoms with van der Waals surface area (Å²) in [4.78, 5) is 8.57. The van der Waals surface area contributed by atoms with Crippen LogP contribution < -0.4 is 5.73 Å². The van der Waals surface area contributed by atoms with Gasteiger partial charge in [0, 0.05) is 18.4 Å². The van der Waals surface area contributed by atoms with Gasteiger partial charge >= 0.3 is 0 Å². The van der Waals surface area contributed by atoms with Gasteiger partial charge in [-0.25, -0.2) is 9.97 Å². The lowest BCUT2D eigenvalue weighted by Gasteiger charge is -2.23. The minimum Gasteiger partial charge on any atom is -0.326 e. The molecule has 2 rings (SSSR count). The number of nitrogens with two attached hydrogens (primary N) is 1. The Morgan fingerprint density at radius 2 is 1.84 bits per heavy atom. The molecule has 0 aliphatic heterocycles. The molecule has 0 fully saturated rings. The van der Waals surface area contributed by atoms with Crippen molar-refractivity contribution in [3.05, 3.63) is 53.9 Å². The minimum atomic E-state index is 0.0925. The van der Waals surface area contributed by atoms with E-state index < -0.39 is 0 Å². The lowest BCUT2D eigenvalue weighted by Crippen LogP contribution is -2.26. The summed E-state index contributed by atoms with van der Waals surface area (Å²) in [6.45, 7) is 4.24. The van der Waals surface area contributed by atoms with Crippen LogP contribution in [0.25, 0.3) is 0 Å². The second-order valence-electron chi connectivity index (χ2n) is 4.50. The summed E-state index contributed by atoms with van der Waals surface area (Å²) in [6, 6.07) is 10.3. The van der Waals surface area contributed by atoms with E-state index in [1.165, 1.54) is 11.1 Å². The van der Waals surface area contributed by atoms with Gasteiger partial charge in [-0.1, -0.05) is 43.0 Å². The first-order valence-corrected chi connectivity index (χ1v) is 7.35. The lowest BCUT2D eigenvalue weighted by atomic mass is 10.00. The third-order valence-corrected chi connectivity index (χ3v) is 4.41. The first-order valence-electron chi connectivity index (χ1n) is 6.47. The summed E-state index contributed by atoms with van der Waals surface area (Å²) in [5.41, 5.74) is 8.83. The second kappa shape index (κ2) is 6.68. The van der Waals surface area contributed by atoms with Crippen LogP contribution in [0.5, 0.6) is 0 Å². The molecule has 0 aliphatic rings. The van der Waals surface area contributed by atoms with Crippen molar-refractivity contribution in [1.29, 1.82) is 0 Å². The Labute approximate surface area is 118 Å². The van der Waals surface area contributed by atoms with E-state index in [0.717, 1.165) is 11.6 Å². The predicted molar refractivity (Wildman–Crippen MR) is 80.1 cm³/mol. The maximum absolute atomic E-state index is 6.29. The number of nitrogens with zero attached hydrogens (tertiary/aromatic N) is 2. The third-order valence-electron chi connectivity index (χ3n) is 3.13. The van der Waals surface area contributed by atoms with Crippen molar-refractivity contribution < 1.29 is 0 Å². The summed E-state index contributed by atoms with van der Waals surface area (Å²) >= 11 is 1.64. The molecule has 0 saturated heterocycles. The highest BCUT2D eigenvalue weighted by Crippen LogP contribution is 2.37. The Balaban J connectivity index is 2.29. The van der Waals surface area contributed by atoms with Crippen LogP contribution in [0.2, 0.25) is 0 Å². The third kappa shape index (κ3) is 3.55. The fourth-order valence-corrected chi connectivity index (χ4v) is 3.19. The second-order valence-corrected chi connectivity index (χ2v) is 5.61.